The number of aliphatic carboxylic acids is 1. The van der Waals surface area contributed by atoms with Crippen LogP contribution >= 0.6 is 11.3 Å². The lowest BCUT2D eigenvalue weighted by molar-refractivity contribution is -0.192. The van der Waals surface area contributed by atoms with Crippen molar-refractivity contribution in [1.82, 2.24) is 15.3 Å². The van der Waals surface area contributed by atoms with Crippen LogP contribution in [-0.4, -0.2) is 47.0 Å². The first-order valence-electron chi connectivity index (χ1n) is 9.34. The molecule has 0 amide bonds. The van der Waals surface area contributed by atoms with Crippen LogP contribution in [0.2, 0.25) is 0 Å². The Morgan fingerprint density at radius 2 is 2.07 bits per heavy atom. The molecule has 3 rings (SSSR count). The molecule has 0 saturated heterocycles. The molecule has 7 nitrogen and oxygen atoms in total. The number of alkyl halides is 3. The number of nitrogens with zero attached hydrogens (tertiary/aromatic N) is 1. The van der Waals surface area contributed by atoms with Crippen LogP contribution in [0.15, 0.2) is 16.2 Å². The molecule has 2 aromatic rings. The minimum atomic E-state index is -5.08. The molecule has 0 spiro atoms. The van der Waals surface area contributed by atoms with E-state index < -0.39 is 12.1 Å². The molecule has 166 valence electrons. The molecule has 0 bridgehead atoms. The van der Waals surface area contributed by atoms with E-state index in [0.29, 0.717) is 19.0 Å². The van der Waals surface area contributed by atoms with E-state index in [-0.39, 0.29) is 11.6 Å². The number of H-pyrrole nitrogens is 1. The van der Waals surface area contributed by atoms with Gasteiger partial charge in [0.2, 0.25) is 0 Å². The van der Waals surface area contributed by atoms with Gasteiger partial charge in [0.15, 0.2) is 0 Å². The Kier molecular flexibility index (Phi) is 8.56. The Bertz CT molecular complexity index is 911. The first-order valence-corrected chi connectivity index (χ1v) is 10.2. The molecule has 1 unspecified atom stereocenters. The van der Waals surface area contributed by atoms with Gasteiger partial charge in [-0.25, -0.2) is 9.78 Å². The topological polar surface area (TPSA) is 104 Å². The fraction of sp³-hybridized carbons (Fsp3) is 0.526. The fourth-order valence-electron chi connectivity index (χ4n) is 3.01. The standard InChI is InChI=1S/C17H23N3O2S.C2HF3O2/c1-11(9-22-2)18-8-12-7-16(21)20-17(19-12)14-10-23-15-6-4-3-5-13(14)15;3-2(4,5)1(6)7/h7,10-11,18H,3-6,8-9H2,1-2H3,(H,19,20,21);(H,6,7). The second kappa shape index (κ2) is 10.7. The summed E-state index contributed by atoms with van der Waals surface area (Å²) in [5, 5.41) is 12.6. The van der Waals surface area contributed by atoms with E-state index in [9.17, 15) is 18.0 Å². The lowest BCUT2D eigenvalue weighted by Gasteiger charge is -2.14. The van der Waals surface area contributed by atoms with Gasteiger partial charge in [-0.05, 0) is 38.2 Å². The molecule has 1 aliphatic carbocycles. The average molecular weight is 447 g/mol. The minimum absolute atomic E-state index is 0.0954. The number of thiophene rings is 1. The van der Waals surface area contributed by atoms with Gasteiger partial charge in [-0.3, -0.25) is 4.79 Å². The Hall–Kier alpha value is -2.24. The highest BCUT2D eigenvalue weighted by Gasteiger charge is 2.38. The molecule has 1 atom stereocenters. The van der Waals surface area contributed by atoms with Crippen molar-refractivity contribution in [3.8, 4) is 11.4 Å². The van der Waals surface area contributed by atoms with Crippen LogP contribution in [0.5, 0.6) is 0 Å². The number of hydrogen-bond donors (Lipinski definition) is 3. The Balaban J connectivity index is 0.000000396. The van der Waals surface area contributed by atoms with Gasteiger partial charge in [0.25, 0.3) is 5.56 Å². The molecule has 30 heavy (non-hydrogen) atoms. The number of carboxylic acids is 1. The second-order valence-corrected chi connectivity index (χ2v) is 7.85. The number of methoxy groups -OCH3 is 1. The highest BCUT2D eigenvalue weighted by molar-refractivity contribution is 7.10. The zero-order valence-electron chi connectivity index (χ0n) is 16.6. The molecular weight excluding hydrogens is 423 g/mol. The smallest absolute Gasteiger partial charge is 0.475 e. The molecule has 2 heterocycles. The van der Waals surface area contributed by atoms with Crippen molar-refractivity contribution in [3.63, 3.8) is 0 Å². The predicted molar refractivity (Wildman–Crippen MR) is 107 cm³/mol. The molecule has 0 saturated carbocycles. The third-order valence-corrected chi connectivity index (χ3v) is 5.49. The molecule has 0 fully saturated rings. The summed E-state index contributed by atoms with van der Waals surface area (Å²) in [5.74, 6) is -2.06. The summed E-state index contributed by atoms with van der Waals surface area (Å²) in [6, 6.07) is 1.79. The summed E-state index contributed by atoms with van der Waals surface area (Å²) in [6.07, 6.45) is -0.361. The number of ether oxygens (including phenoxy) is 1. The lowest BCUT2D eigenvalue weighted by atomic mass is 9.95. The van der Waals surface area contributed by atoms with Gasteiger partial charge in [0.05, 0.1) is 12.3 Å². The maximum Gasteiger partial charge on any atom is 0.490 e. The lowest BCUT2D eigenvalue weighted by Crippen LogP contribution is -2.30. The first-order chi connectivity index (χ1) is 14.1. The van der Waals surface area contributed by atoms with Gasteiger partial charge in [0.1, 0.15) is 5.82 Å². The number of fused-ring (bicyclic) bond motifs is 1. The van der Waals surface area contributed by atoms with Crippen molar-refractivity contribution < 1.29 is 27.8 Å². The number of rotatable bonds is 6. The SMILES string of the molecule is COCC(C)NCc1cc(=O)[nH]c(-c2csc3c2CCCC3)n1.O=C(O)C(F)(F)F. The summed E-state index contributed by atoms with van der Waals surface area (Å²) in [4.78, 5) is 29.9. The van der Waals surface area contributed by atoms with Gasteiger partial charge in [0, 0.05) is 41.6 Å². The summed E-state index contributed by atoms with van der Waals surface area (Å²) < 4.78 is 36.8. The van der Waals surface area contributed by atoms with Crippen LogP contribution < -0.4 is 10.9 Å². The molecule has 3 N–H and O–H groups in total. The summed E-state index contributed by atoms with van der Waals surface area (Å²) in [5.41, 5.74) is 3.15. The van der Waals surface area contributed by atoms with Crippen molar-refractivity contribution in [2.24, 2.45) is 0 Å². The van der Waals surface area contributed by atoms with E-state index in [1.165, 1.54) is 23.3 Å². The normalized spacial score (nSPS) is 14.4. The zero-order valence-corrected chi connectivity index (χ0v) is 17.5. The average Bonchev–Trinajstić information content (AvgIpc) is 3.10. The number of carboxylic acid groups (broad SMARTS) is 1. The number of aromatic nitrogens is 2. The Morgan fingerprint density at radius 3 is 2.70 bits per heavy atom. The molecule has 0 aliphatic heterocycles. The van der Waals surface area contributed by atoms with Gasteiger partial charge < -0.3 is 20.1 Å². The third-order valence-electron chi connectivity index (χ3n) is 4.40. The van der Waals surface area contributed by atoms with Crippen LogP contribution in [0, 0.1) is 0 Å². The van der Waals surface area contributed by atoms with E-state index in [1.54, 1.807) is 24.5 Å². The number of aromatic amines is 1. The summed E-state index contributed by atoms with van der Waals surface area (Å²) >= 11 is 1.79. The number of halogens is 3. The van der Waals surface area contributed by atoms with E-state index in [2.05, 4.69) is 20.7 Å². The quantitative estimate of drug-likeness (QED) is 0.629. The van der Waals surface area contributed by atoms with Gasteiger partial charge in [-0.15, -0.1) is 11.3 Å². The van der Waals surface area contributed by atoms with Crippen LogP contribution in [0.3, 0.4) is 0 Å². The largest absolute Gasteiger partial charge is 0.490 e. The van der Waals surface area contributed by atoms with E-state index in [1.807, 2.05) is 6.92 Å². The number of carbonyl (C=O) groups is 1. The Labute approximate surface area is 175 Å². The Morgan fingerprint density at radius 1 is 1.40 bits per heavy atom. The zero-order chi connectivity index (χ0) is 22.3. The monoisotopic (exact) mass is 447 g/mol. The molecule has 1 aliphatic rings. The minimum Gasteiger partial charge on any atom is -0.475 e. The van der Waals surface area contributed by atoms with Gasteiger partial charge in [-0.1, -0.05) is 0 Å². The third kappa shape index (κ3) is 6.92. The number of hydrogen-bond acceptors (Lipinski definition) is 6. The fourth-order valence-corrected chi connectivity index (χ4v) is 4.14. The highest BCUT2D eigenvalue weighted by atomic mass is 32.1. The number of aryl methyl sites for hydroxylation is 1. The van der Waals surface area contributed by atoms with Crippen LogP contribution in [0.25, 0.3) is 11.4 Å². The summed E-state index contributed by atoms with van der Waals surface area (Å²) in [6.45, 7) is 3.24. The van der Waals surface area contributed by atoms with E-state index >= 15 is 0 Å². The van der Waals surface area contributed by atoms with E-state index in [0.717, 1.165) is 24.1 Å². The predicted octanol–water partition coefficient (Wildman–Crippen LogP) is 3.14. The van der Waals surface area contributed by atoms with Gasteiger partial charge in [-0.2, -0.15) is 13.2 Å². The van der Waals surface area contributed by atoms with Crippen molar-refractivity contribution >= 4 is 17.3 Å². The molecule has 11 heteroatoms. The summed E-state index contributed by atoms with van der Waals surface area (Å²) in [7, 11) is 1.68. The van der Waals surface area contributed by atoms with Crippen molar-refractivity contribution in [3.05, 3.63) is 37.9 Å². The van der Waals surface area contributed by atoms with Crippen molar-refractivity contribution in [1.29, 1.82) is 0 Å². The highest BCUT2D eigenvalue weighted by Crippen LogP contribution is 2.34. The van der Waals surface area contributed by atoms with Crippen molar-refractivity contribution in [2.75, 3.05) is 13.7 Å². The molecule has 0 aromatic carbocycles. The molecule has 2 aromatic heterocycles. The first kappa shape index (κ1) is 24.0. The maximum absolute atomic E-state index is 12.0. The molecule has 0 radical (unpaired) electrons. The second-order valence-electron chi connectivity index (χ2n) is 6.88. The van der Waals surface area contributed by atoms with Gasteiger partial charge >= 0.3 is 12.1 Å². The van der Waals surface area contributed by atoms with Crippen LogP contribution in [-0.2, 0) is 28.9 Å². The van der Waals surface area contributed by atoms with Crippen LogP contribution in [0.1, 0.15) is 35.9 Å². The van der Waals surface area contributed by atoms with Crippen molar-refractivity contribution in [2.45, 2.75) is 51.4 Å². The number of nitrogens with one attached hydrogen (secondary N) is 2. The van der Waals surface area contributed by atoms with Crippen LogP contribution in [0.4, 0.5) is 13.2 Å². The molecular formula is C19H24F3N3O4S. The van der Waals surface area contributed by atoms with E-state index in [4.69, 9.17) is 14.6 Å². The maximum atomic E-state index is 12.0.